The van der Waals surface area contributed by atoms with E-state index >= 15 is 0 Å². The highest BCUT2D eigenvalue weighted by Gasteiger charge is 2.42. The molecule has 0 radical (unpaired) electrons. The van der Waals surface area contributed by atoms with Gasteiger partial charge in [0.05, 0.1) is 7.11 Å². The summed E-state index contributed by atoms with van der Waals surface area (Å²) in [5, 5.41) is 0. The first-order chi connectivity index (χ1) is 13.0. The van der Waals surface area contributed by atoms with Gasteiger partial charge in [0.15, 0.2) is 0 Å². The molecule has 1 atom stereocenters. The lowest BCUT2D eigenvalue weighted by molar-refractivity contribution is -0.130. The third-order valence-electron chi connectivity index (χ3n) is 6.09. The molecule has 6 heteroatoms. The molecular weight excluding hydrogens is 345 g/mol. The Labute approximate surface area is 161 Å². The fraction of sp³-hybridized carbons (Fsp3) is 0.571. The van der Waals surface area contributed by atoms with Crippen LogP contribution in [0.15, 0.2) is 30.9 Å². The van der Waals surface area contributed by atoms with E-state index < -0.39 is 0 Å². The first-order valence-electron chi connectivity index (χ1n) is 9.62. The van der Waals surface area contributed by atoms with Crippen LogP contribution in [-0.2, 0) is 11.3 Å². The van der Waals surface area contributed by atoms with Gasteiger partial charge in [-0.25, -0.2) is 4.39 Å². The first-order valence-corrected chi connectivity index (χ1v) is 9.62. The molecule has 0 unspecified atom stereocenters. The Balaban J connectivity index is 1.72. The lowest BCUT2D eigenvalue weighted by Gasteiger charge is -2.49. The molecule has 0 aromatic heterocycles. The number of carbonyl (C=O) groups is 1. The Bertz CT molecular complexity index is 696. The highest BCUT2D eigenvalue weighted by Crippen LogP contribution is 2.33. The number of hydrogen-bond donors (Lipinski definition) is 0. The molecule has 3 rings (SSSR count). The molecule has 1 aromatic rings. The average Bonchev–Trinajstić information content (AvgIpc) is 2.81. The van der Waals surface area contributed by atoms with Crippen molar-refractivity contribution in [2.24, 2.45) is 0 Å². The summed E-state index contributed by atoms with van der Waals surface area (Å²) in [6.07, 6.45) is 4.13. The van der Waals surface area contributed by atoms with Crippen LogP contribution in [0.1, 0.15) is 24.8 Å². The highest BCUT2D eigenvalue weighted by atomic mass is 19.1. The third kappa shape index (κ3) is 4.33. The van der Waals surface area contributed by atoms with Crippen molar-refractivity contribution in [3.63, 3.8) is 0 Å². The Hall–Kier alpha value is -1.92. The number of rotatable bonds is 5. The van der Waals surface area contributed by atoms with Gasteiger partial charge >= 0.3 is 0 Å². The molecule has 2 fully saturated rings. The number of benzene rings is 1. The number of hydrogen-bond acceptors (Lipinski definition) is 4. The maximum Gasteiger partial charge on any atom is 0.222 e. The number of carbonyl (C=O) groups excluding carboxylic acids is 1. The zero-order valence-corrected chi connectivity index (χ0v) is 16.4. The van der Waals surface area contributed by atoms with E-state index in [4.69, 9.17) is 4.74 Å². The highest BCUT2D eigenvalue weighted by molar-refractivity contribution is 5.76. The zero-order chi connectivity index (χ0) is 19.4. The second-order valence-electron chi connectivity index (χ2n) is 7.69. The predicted molar refractivity (Wildman–Crippen MR) is 104 cm³/mol. The lowest BCUT2D eigenvalue weighted by atomic mass is 9.86. The van der Waals surface area contributed by atoms with Crippen LogP contribution in [0, 0.1) is 5.82 Å². The Kier molecular flexibility index (Phi) is 6.17. The quantitative estimate of drug-likeness (QED) is 0.741. The predicted octanol–water partition coefficient (Wildman–Crippen LogP) is 2.52. The van der Waals surface area contributed by atoms with Gasteiger partial charge in [0.2, 0.25) is 5.91 Å². The van der Waals surface area contributed by atoms with E-state index in [9.17, 15) is 9.18 Å². The Morgan fingerprint density at radius 2 is 2.11 bits per heavy atom. The molecule has 1 spiro atoms. The topological polar surface area (TPSA) is 36.0 Å². The first kappa shape index (κ1) is 19.8. The molecule has 2 aliphatic rings. The number of amides is 1. The SMILES string of the molecule is C=CCN1CC[C@]2(CCC1=O)CN(Cc1ccc(OC)cc1F)CCN2C. The molecule has 0 N–H and O–H groups in total. The maximum atomic E-state index is 14.4. The molecule has 1 amide bonds. The summed E-state index contributed by atoms with van der Waals surface area (Å²) in [5.74, 6) is 0.518. The second-order valence-corrected chi connectivity index (χ2v) is 7.69. The maximum absolute atomic E-state index is 14.4. The summed E-state index contributed by atoms with van der Waals surface area (Å²) in [5.41, 5.74) is 0.653. The number of likely N-dealkylation sites (tertiary alicyclic amines) is 1. The molecular formula is C21H30FN3O2. The molecule has 2 aliphatic heterocycles. The molecule has 0 saturated carbocycles. The van der Waals surface area contributed by atoms with Crippen LogP contribution in [0.4, 0.5) is 4.39 Å². The van der Waals surface area contributed by atoms with Crippen molar-refractivity contribution in [3.05, 3.63) is 42.2 Å². The fourth-order valence-electron chi connectivity index (χ4n) is 4.28. The summed E-state index contributed by atoms with van der Waals surface area (Å²) in [6, 6.07) is 5.06. The van der Waals surface area contributed by atoms with Crippen molar-refractivity contribution in [3.8, 4) is 5.75 Å². The summed E-state index contributed by atoms with van der Waals surface area (Å²) in [7, 11) is 3.70. The van der Waals surface area contributed by atoms with Gasteiger partial charge in [-0.1, -0.05) is 12.1 Å². The number of likely N-dealkylation sites (N-methyl/N-ethyl adjacent to an activating group) is 1. The number of nitrogens with zero attached hydrogens (tertiary/aromatic N) is 3. The number of halogens is 1. The van der Waals surface area contributed by atoms with E-state index in [0.717, 1.165) is 39.0 Å². The van der Waals surface area contributed by atoms with Crippen molar-refractivity contribution in [2.45, 2.75) is 31.3 Å². The van der Waals surface area contributed by atoms with E-state index in [0.29, 0.717) is 30.8 Å². The number of methoxy groups -OCH3 is 1. The molecule has 5 nitrogen and oxygen atoms in total. The number of piperazine rings is 1. The van der Waals surface area contributed by atoms with Crippen LogP contribution in [0.25, 0.3) is 0 Å². The molecule has 148 valence electrons. The molecule has 1 aromatic carbocycles. The Morgan fingerprint density at radius 3 is 2.81 bits per heavy atom. The van der Waals surface area contributed by atoms with Gasteiger partial charge in [0, 0.05) is 62.9 Å². The minimum Gasteiger partial charge on any atom is -0.497 e. The van der Waals surface area contributed by atoms with E-state index in [2.05, 4.69) is 23.4 Å². The number of ether oxygens (including phenoxy) is 1. The zero-order valence-electron chi connectivity index (χ0n) is 16.4. The minimum atomic E-state index is -0.226. The van der Waals surface area contributed by atoms with Gasteiger partial charge in [-0.2, -0.15) is 0 Å². The average molecular weight is 375 g/mol. The molecule has 0 aliphatic carbocycles. The normalized spacial score (nSPS) is 24.9. The van der Waals surface area contributed by atoms with E-state index in [1.54, 1.807) is 13.2 Å². The van der Waals surface area contributed by atoms with Crippen LogP contribution >= 0.6 is 0 Å². The lowest BCUT2D eigenvalue weighted by Crippen LogP contribution is -2.60. The van der Waals surface area contributed by atoms with E-state index in [-0.39, 0.29) is 17.3 Å². The largest absolute Gasteiger partial charge is 0.497 e. The molecule has 2 saturated heterocycles. The standard InChI is InChI=1S/C21H30FN3O2/c1-4-10-25-11-9-21(8-7-20(25)26)16-24(13-12-23(21)2)15-17-5-6-18(27-3)14-19(17)22/h4-6,14H,1,7-13,15-16H2,2-3H3/t21-/m1/s1. The van der Waals surface area contributed by atoms with Gasteiger partial charge in [-0.15, -0.1) is 6.58 Å². The van der Waals surface area contributed by atoms with E-state index in [1.165, 1.54) is 6.07 Å². The van der Waals surface area contributed by atoms with Crippen molar-refractivity contribution >= 4 is 5.91 Å². The van der Waals surface area contributed by atoms with Crippen molar-refractivity contribution in [1.82, 2.24) is 14.7 Å². The molecule has 0 bridgehead atoms. The van der Waals surface area contributed by atoms with Crippen LogP contribution in [0.2, 0.25) is 0 Å². The molecule has 2 heterocycles. The fourth-order valence-corrected chi connectivity index (χ4v) is 4.28. The van der Waals surface area contributed by atoms with E-state index in [1.807, 2.05) is 17.0 Å². The van der Waals surface area contributed by atoms with Crippen molar-refractivity contribution in [2.75, 3.05) is 46.9 Å². The smallest absolute Gasteiger partial charge is 0.222 e. The summed E-state index contributed by atoms with van der Waals surface area (Å²) < 4.78 is 19.5. The minimum absolute atomic E-state index is 0.0349. The van der Waals surface area contributed by atoms with Crippen molar-refractivity contribution in [1.29, 1.82) is 0 Å². The van der Waals surface area contributed by atoms with Crippen LogP contribution in [-0.4, -0.2) is 73.0 Å². The Morgan fingerprint density at radius 1 is 1.30 bits per heavy atom. The summed E-state index contributed by atoms with van der Waals surface area (Å²) in [6.45, 7) is 8.37. The van der Waals surface area contributed by atoms with Crippen LogP contribution in [0.5, 0.6) is 5.75 Å². The second kappa shape index (κ2) is 8.40. The van der Waals surface area contributed by atoms with Gasteiger partial charge < -0.3 is 9.64 Å². The van der Waals surface area contributed by atoms with Crippen molar-refractivity contribution < 1.29 is 13.9 Å². The monoisotopic (exact) mass is 375 g/mol. The van der Waals surface area contributed by atoms with Crippen LogP contribution in [0.3, 0.4) is 0 Å². The van der Waals surface area contributed by atoms with Gasteiger partial charge in [0.1, 0.15) is 11.6 Å². The summed E-state index contributed by atoms with van der Waals surface area (Å²) >= 11 is 0. The third-order valence-corrected chi connectivity index (χ3v) is 6.09. The summed E-state index contributed by atoms with van der Waals surface area (Å²) in [4.78, 5) is 19.0. The van der Waals surface area contributed by atoms with Gasteiger partial charge in [-0.3, -0.25) is 14.6 Å². The molecule has 27 heavy (non-hydrogen) atoms. The van der Waals surface area contributed by atoms with Crippen LogP contribution < -0.4 is 4.74 Å². The van der Waals surface area contributed by atoms with Gasteiger partial charge in [-0.05, 0) is 26.0 Å². The van der Waals surface area contributed by atoms with Gasteiger partial charge in [0.25, 0.3) is 0 Å².